The van der Waals surface area contributed by atoms with Gasteiger partial charge >= 0.3 is 5.97 Å². The van der Waals surface area contributed by atoms with Crippen molar-refractivity contribution >= 4 is 16.7 Å². The molecule has 0 saturated heterocycles. The zero-order valence-corrected chi connectivity index (χ0v) is 10.5. The lowest BCUT2D eigenvalue weighted by Gasteiger charge is -2.10. The Morgan fingerprint density at radius 3 is 2.56 bits per heavy atom. The van der Waals surface area contributed by atoms with Gasteiger partial charge in [0.05, 0.1) is 13.5 Å². The number of rotatable bonds is 4. The Hall–Kier alpha value is -2.03. The van der Waals surface area contributed by atoms with Crippen LogP contribution in [0.1, 0.15) is 24.8 Å². The van der Waals surface area contributed by atoms with E-state index in [1.54, 1.807) is 7.11 Å². The number of hydrogen-bond acceptors (Lipinski definition) is 2. The quantitative estimate of drug-likeness (QED) is 0.896. The molecule has 3 nitrogen and oxygen atoms in total. The van der Waals surface area contributed by atoms with E-state index in [1.165, 1.54) is 0 Å². The van der Waals surface area contributed by atoms with Gasteiger partial charge in [0.1, 0.15) is 5.75 Å². The van der Waals surface area contributed by atoms with Crippen LogP contribution in [0.15, 0.2) is 36.4 Å². The minimum Gasteiger partial charge on any atom is -0.497 e. The molecule has 0 aliphatic heterocycles. The van der Waals surface area contributed by atoms with Gasteiger partial charge in [0.15, 0.2) is 0 Å². The summed E-state index contributed by atoms with van der Waals surface area (Å²) in [6.45, 7) is 1.93. The van der Waals surface area contributed by atoms with Gasteiger partial charge in [0.2, 0.25) is 0 Å². The van der Waals surface area contributed by atoms with Gasteiger partial charge in [0.25, 0.3) is 0 Å². The normalized spacial score (nSPS) is 12.3. The second-order valence-corrected chi connectivity index (χ2v) is 4.47. The standard InChI is InChI=1S/C15H16O3/c1-10(7-15(16)17)11-3-4-13-9-14(18-2)6-5-12(13)8-11/h3-6,8-10H,7H2,1-2H3,(H,16,17)/t10-/m1/s1. The zero-order chi connectivity index (χ0) is 13.1. The number of carboxylic acid groups (broad SMARTS) is 1. The molecule has 18 heavy (non-hydrogen) atoms. The Balaban J connectivity index is 2.35. The lowest BCUT2D eigenvalue weighted by molar-refractivity contribution is -0.137. The summed E-state index contributed by atoms with van der Waals surface area (Å²) in [6, 6.07) is 11.9. The van der Waals surface area contributed by atoms with Crippen molar-refractivity contribution < 1.29 is 14.6 Å². The lowest BCUT2D eigenvalue weighted by Crippen LogP contribution is -2.02. The first-order valence-electron chi connectivity index (χ1n) is 5.89. The molecule has 94 valence electrons. The van der Waals surface area contributed by atoms with E-state index in [0.717, 1.165) is 22.1 Å². The van der Waals surface area contributed by atoms with Crippen LogP contribution in [0.5, 0.6) is 5.75 Å². The molecule has 2 aromatic carbocycles. The Kier molecular flexibility index (Phi) is 3.51. The zero-order valence-electron chi connectivity index (χ0n) is 10.5. The molecule has 0 heterocycles. The largest absolute Gasteiger partial charge is 0.497 e. The Morgan fingerprint density at radius 1 is 1.22 bits per heavy atom. The van der Waals surface area contributed by atoms with E-state index >= 15 is 0 Å². The van der Waals surface area contributed by atoms with Gasteiger partial charge < -0.3 is 9.84 Å². The average molecular weight is 244 g/mol. The number of ether oxygens (including phenoxy) is 1. The number of carboxylic acids is 1. The summed E-state index contributed by atoms with van der Waals surface area (Å²) in [5, 5.41) is 11.0. The summed E-state index contributed by atoms with van der Waals surface area (Å²) in [5.74, 6) is 0.0835. The molecule has 0 amide bonds. The maximum atomic E-state index is 10.7. The predicted octanol–water partition coefficient (Wildman–Crippen LogP) is 3.43. The second-order valence-electron chi connectivity index (χ2n) is 4.47. The Bertz CT molecular complexity index is 575. The third kappa shape index (κ3) is 2.62. The Labute approximate surface area is 106 Å². The maximum Gasteiger partial charge on any atom is 0.303 e. The van der Waals surface area contributed by atoms with Crippen molar-refractivity contribution in [1.29, 1.82) is 0 Å². The van der Waals surface area contributed by atoms with Gasteiger partial charge in [-0.05, 0) is 34.4 Å². The van der Waals surface area contributed by atoms with Gasteiger partial charge in [-0.15, -0.1) is 0 Å². The van der Waals surface area contributed by atoms with Crippen LogP contribution >= 0.6 is 0 Å². The Morgan fingerprint density at radius 2 is 1.89 bits per heavy atom. The lowest BCUT2D eigenvalue weighted by atomic mass is 9.95. The van der Waals surface area contributed by atoms with E-state index in [-0.39, 0.29) is 12.3 Å². The summed E-state index contributed by atoms with van der Waals surface area (Å²) in [6.07, 6.45) is 0.154. The van der Waals surface area contributed by atoms with E-state index in [4.69, 9.17) is 9.84 Å². The van der Waals surface area contributed by atoms with Crippen LogP contribution in [0.3, 0.4) is 0 Å². The van der Waals surface area contributed by atoms with Crippen LogP contribution in [0.25, 0.3) is 10.8 Å². The van der Waals surface area contributed by atoms with Crippen LogP contribution in [0.2, 0.25) is 0 Å². The first kappa shape index (κ1) is 12.4. The number of hydrogen-bond donors (Lipinski definition) is 1. The molecule has 2 aromatic rings. The van der Waals surface area contributed by atoms with Crippen LogP contribution in [0, 0.1) is 0 Å². The number of aliphatic carboxylic acids is 1. The first-order valence-corrected chi connectivity index (χ1v) is 5.89. The highest BCUT2D eigenvalue weighted by Crippen LogP contribution is 2.26. The number of carbonyl (C=O) groups is 1. The first-order chi connectivity index (χ1) is 8.60. The maximum absolute atomic E-state index is 10.7. The van der Waals surface area contributed by atoms with Crippen molar-refractivity contribution in [1.82, 2.24) is 0 Å². The molecule has 0 radical (unpaired) electrons. The van der Waals surface area contributed by atoms with Gasteiger partial charge in [-0.2, -0.15) is 0 Å². The molecular weight excluding hydrogens is 228 g/mol. The van der Waals surface area contributed by atoms with E-state index in [0.29, 0.717) is 0 Å². The fourth-order valence-electron chi connectivity index (χ4n) is 2.06. The van der Waals surface area contributed by atoms with Crippen molar-refractivity contribution in [3.63, 3.8) is 0 Å². The van der Waals surface area contributed by atoms with Crippen LogP contribution in [-0.2, 0) is 4.79 Å². The number of methoxy groups -OCH3 is 1. The minimum absolute atomic E-state index is 0.0222. The fourth-order valence-corrected chi connectivity index (χ4v) is 2.06. The van der Waals surface area contributed by atoms with Crippen LogP contribution in [0.4, 0.5) is 0 Å². The molecule has 0 aliphatic rings. The molecule has 0 unspecified atom stereocenters. The molecule has 0 spiro atoms. The van der Waals surface area contributed by atoms with Gasteiger partial charge in [-0.25, -0.2) is 0 Å². The smallest absolute Gasteiger partial charge is 0.303 e. The highest BCUT2D eigenvalue weighted by Gasteiger charge is 2.10. The van der Waals surface area contributed by atoms with Gasteiger partial charge in [-0.1, -0.05) is 31.2 Å². The second kappa shape index (κ2) is 5.08. The van der Waals surface area contributed by atoms with Crippen molar-refractivity contribution in [2.75, 3.05) is 7.11 Å². The van der Waals surface area contributed by atoms with Gasteiger partial charge in [-0.3, -0.25) is 4.79 Å². The third-order valence-corrected chi connectivity index (χ3v) is 3.12. The summed E-state index contributed by atoms with van der Waals surface area (Å²) in [5.41, 5.74) is 1.05. The molecule has 1 atom stereocenters. The molecule has 0 bridgehead atoms. The third-order valence-electron chi connectivity index (χ3n) is 3.12. The van der Waals surface area contributed by atoms with Crippen molar-refractivity contribution in [2.24, 2.45) is 0 Å². The monoisotopic (exact) mass is 244 g/mol. The van der Waals surface area contributed by atoms with Crippen molar-refractivity contribution in [2.45, 2.75) is 19.3 Å². The van der Waals surface area contributed by atoms with Gasteiger partial charge in [0, 0.05) is 0 Å². The van der Waals surface area contributed by atoms with Crippen LogP contribution < -0.4 is 4.74 Å². The minimum atomic E-state index is -0.766. The summed E-state index contributed by atoms with van der Waals surface area (Å²) in [7, 11) is 1.64. The highest BCUT2D eigenvalue weighted by atomic mass is 16.5. The number of benzene rings is 2. The van der Waals surface area contributed by atoms with Crippen molar-refractivity contribution in [3.05, 3.63) is 42.0 Å². The molecule has 3 heteroatoms. The molecule has 0 fully saturated rings. The van der Waals surface area contributed by atoms with E-state index in [2.05, 4.69) is 0 Å². The topological polar surface area (TPSA) is 46.5 Å². The number of fused-ring (bicyclic) bond motifs is 1. The molecule has 0 aliphatic carbocycles. The fraction of sp³-hybridized carbons (Fsp3) is 0.267. The summed E-state index contributed by atoms with van der Waals surface area (Å²) < 4.78 is 5.17. The van der Waals surface area contributed by atoms with E-state index in [1.807, 2.05) is 43.3 Å². The predicted molar refractivity (Wildman–Crippen MR) is 71.2 cm³/mol. The van der Waals surface area contributed by atoms with E-state index < -0.39 is 5.97 Å². The molecule has 0 aromatic heterocycles. The average Bonchev–Trinajstić information content (AvgIpc) is 2.36. The SMILES string of the molecule is COc1ccc2cc([C@H](C)CC(=O)O)ccc2c1. The molecular formula is C15H16O3. The summed E-state index contributed by atoms with van der Waals surface area (Å²) in [4.78, 5) is 10.7. The van der Waals surface area contributed by atoms with E-state index in [9.17, 15) is 4.79 Å². The molecule has 0 saturated carbocycles. The van der Waals surface area contributed by atoms with Crippen LogP contribution in [-0.4, -0.2) is 18.2 Å². The molecule has 2 rings (SSSR count). The summed E-state index contributed by atoms with van der Waals surface area (Å²) >= 11 is 0. The van der Waals surface area contributed by atoms with Crippen molar-refractivity contribution in [3.8, 4) is 5.75 Å². The molecule has 1 N–H and O–H groups in total. The highest BCUT2D eigenvalue weighted by molar-refractivity contribution is 5.84.